The van der Waals surface area contributed by atoms with Crippen molar-refractivity contribution in [2.75, 3.05) is 0 Å². The van der Waals surface area contributed by atoms with Gasteiger partial charge in [0.2, 0.25) is 0 Å². The SMILES string of the molecule is C[C@@H]1CCC[C@@H](CC(=O)c2ccc(C(C)(C)C)cc2)O1. The number of Topliss-reactive ketones (excluding diaryl/α,β-unsaturated/α-hetero) is 1. The highest BCUT2D eigenvalue weighted by molar-refractivity contribution is 5.96. The van der Waals surface area contributed by atoms with E-state index in [1.54, 1.807) is 0 Å². The van der Waals surface area contributed by atoms with E-state index in [1.807, 2.05) is 12.1 Å². The summed E-state index contributed by atoms with van der Waals surface area (Å²) in [7, 11) is 0. The van der Waals surface area contributed by atoms with Crippen molar-refractivity contribution in [3.8, 4) is 0 Å². The number of ether oxygens (including phenoxy) is 1. The molecular formula is C18H26O2. The predicted molar refractivity (Wildman–Crippen MR) is 82.3 cm³/mol. The number of carbonyl (C=O) groups excluding carboxylic acids is 1. The second-order valence-electron chi connectivity index (χ2n) is 6.95. The lowest BCUT2D eigenvalue weighted by Gasteiger charge is -2.27. The van der Waals surface area contributed by atoms with Crippen molar-refractivity contribution < 1.29 is 9.53 Å². The second kappa shape index (κ2) is 6.09. The Hall–Kier alpha value is -1.15. The molecule has 1 heterocycles. The number of rotatable bonds is 3. The summed E-state index contributed by atoms with van der Waals surface area (Å²) in [6, 6.07) is 8.04. The molecule has 2 heteroatoms. The Bertz CT molecular complexity index is 453. The van der Waals surface area contributed by atoms with Gasteiger partial charge in [0.15, 0.2) is 5.78 Å². The summed E-state index contributed by atoms with van der Waals surface area (Å²) >= 11 is 0. The van der Waals surface area contributed by atoms with Gasteiger partial charge in [0.25, 0.3) is 0 Å². The molecule has 2 rings (SSSR count). The van der Waals surface area contributed by atoms with Gasteiger partial charge in [-0.25, -0.2) is 0 Å². The van der Waals surface area contributed by atoms with Crippen molar-refractivity contribution in [1.82, 2.24) is 0 Å². The van der Waals surface area contributed by atoms with Crippen LogP contribution in [0.25, 0.3) is 0 Å². The average Bonchev–Trinajstić information content (AvgIpc) is 2.38. The molecule has 0 spiro atoms. The lowest BCUT2D eigenvalue weighted by Crippen LogP contribution is -2.27. The van der Waals surface area contributed by atoms with Gasteiger partial charge in [0, 0.05) is 12.0 Å². The van der Waals surface area contributed by atoms with Crippen LogP contribution in [0, 0.1) is 0 Å². The first-order valence-electron chi connectivity index (χ1n) is 7.65. The molecule has 1 aliphatic rings. The molecular weight excluding hydrogens is 248 g/mol. The monoisotopic (exact) mass is 274 g/mol. The number of hydrogen-bond donors (Lipinski definition) is 0. The zero-order chi connectivity index (χ0) is 14.8. The number of hydrogen-bond acceptors (Lipinski definition) is 2. The molecule has 0 unspecified atom stereocenters. The maximum absolute atomic E-state index is 12.3. The van der Waals surface area contributed by atoms with E-state index in [0.29, 0.717) is 12.5 Å². The predicted octanol–water partition coefficient (Wildman–Crippen LogP) is 4.51. The molecule has 0 bridgehead atoms. The summed E-state index contributed by atoms with van der Waals surface area (Å²) in [6.07, 6.45) is 4.21. The summed E-state index contributed by atoms with van der Waals surface area (Å²) in [4.78, 5) is 12.3. The maximum atomic E-state index is 12.3. The van der Waals surface area contributed by atoms with Gasteiger partial charge in [-0.3, -0.25) is 4.79 Å². The Morgan fingerprint density at radius 1 is 1.20 bits per heavy atom. The fraction of sp³-hybridized carbons (Fsp3) is 0.611. The largest absolute Gasteiger partial charge is 0.375 e. The zero-order valence-corrected chi connectivity index (χ0v) is 13.1. The summed E-state index contributed by atoms with van der Waals surface area (Å²) in [5.74, 6) is 0.199. The fourth-order valence-electron chi connectivity index (χ4n) is 2.73. The number of benzene rings is 1. The smallest absolute Gasteiger partial charge is 0.165 e. The van der Waals surface area contributed by atoms with Crippen molar-refractivity contribution >= 4 is 5.78 Å². The summed E-state index contributed by atoms with van der Waals surface area (Å²) in [5, 5.41) is 0. The van der Waals surface area contributed by atoms with Crippen LogP contribution in [0.1, 0.15) is 69.3 Å². The van der Waals surface area contributed by atoms with E-state index < -0.39 is 0 Å². The van der Waals surface area contributed by atoms with Crippen molar-refractivity contribution in [2.24, 2.45) is 0 Å². The first-order valence-corrected chi connectivity index (χ1v) is 7.65. The van der Waals surface area contributed by atoms with E-state index in [2.05, 4.69) is 39.8 Å². The lowest BCUT2D eigenvalue weighted by atomic mass is 9.86. The Morgan fingerprint density at radius 3 is 2.40 bits per heavy atom. The molecule has 2 atom stereocenters. The highest BCUT2D eigenvalue weighted by Crippen LogP contribution is 2.24. The Balaban J connectivity index is 1.99. The third-order valence-corrected chi connectivity index (χ3v) is 4.05. The maximum Gasteiger partial charge on any atom is 0.165 e. The second-order valence-corrected chi connectivity index (χ2v) is 6.95. The van der Waals surface area contributed by atoms with Crippen LogP contribution in [0.15, 0.2) is 24.3 Å². The van der Waals surface area contributed by atoms with Crippen LogP contribution in [0.2, 0.25) is 0 Å². The highest BCUT2D eigenvalue weighted by atomic mass is 16.5. The van der Waals surface area contributed by atoms with Gasteiger partial charge in [-0.15, -0.1) is 0 Å². The minimum Gasteiger partial charge on any atom is -0.375 e. The van der Waals surface area contributed by atoms with Gasteiger partial charge in [0.1, 0.15) is 0 Å². The summed E-state index contributed by atoms with van der Waals surface area (Å²) < 4.78 is 5.84. The molecule has 0 aliphatic carbocycles. The molecule has 1 aliphatic heterocycles. The third kappa shape index (κ3) is 3.92. The van der Waals surface area contributed by atoms with Crippen LogP contribution in [0.4, 0.5) is 0 Å². The normalized spacial score (nSPS) is 23.6. The molecule has 110 valence electrons. The third-order valence-electron chi connectivity index (χ3n) is 4.05. The Kier molecular flexibility index (Phi) is 4.64. The van der Waals surface area contributed by atoms with Crippen molar-refractivity contribution in [3.05, 3.63) is 35.4 Å². The van der Waals surface area contributed by atoms with E-state index >= 15 is 0 Å². The molecule has 0 aromatic heterocycles. The average molecular weight is 274 g/mol. The standard InChI is InChI=1S/C18H26O2/c1-13-6-5-7-16(20-13)12-17(19)14-8-10-15(11-9-14)18(2,3)4/h8-11,13,16H,5-7,12H2,1-4H3/t13-,16+/m1/s1. The van der Waals surface area contributed by atoms with Gasteiger partial charge in [-0.1, -0.05) is 45.0 Å². The van der Waals surface area contributed by atoms with Gasteiger partial charge in [0.05, 0.1) is 12.2 Å². The van der Waals surface area contributed by atoms with Gasteiger partial charge >= 0.3 is 0 Å². The molecule has 0 radical (unpaired) electrons. The van der Waals surface area contributed by atoms with Crippen LogP contribution in [-0.4, -0.2) is 18.0 Å². The first-order chi connectivity index (χ1) is 9.36. The van der Waals surface area contributed by atoms with Crippen LogP contribution < -0.4 is 0 Å². The van der Waals surface area contributed by atoms with E-state index in [0.717, 1.165) is 18.4 Å². The van der Waals surface area contributed by atoms with Crippen molar-refractivity contribution in [2.45, 2.75) is 71.0 Å². The Labute approximate surface area is 122 Å². The van der Waals surface area contributed by atoms with Gasteiger partial charge in [-0.05, 0) is 37.2 Å². The van der Waals surface area contributed by atoms with E-state index in [4.69, 9.17) is 4.74 Å². The zero-order valence-electron chi connectivity index (χ0n) is 13.1. The van der Waals surface area contributed by atoms with Crippen molar-refractivity contribution in [3.63, 3.8) is 0 Å². The molecule has 2 nitrogen and oxygen atoms in total. The van der Waals surface area contributed by atoms with Crippen LogP contribution in [0.3, 0.4) is 0 Å². The molecule has 0 N–H and O–H groups in total. The Morgan fingerprint density at radius 2 is 1.85 bits per heavy atom. The molecule has 1 aromatic rings. The van der Waals surface area contributed by atoms with E-state index in [1.165, 1.54) is 12.0 Å². The summed E-state index contributed by atoms with van der Waals surface area (Å²) in [6.45, 7) is 8.64. The van der Waals surface area contributed by atoms with E-state index in [9.17, 15) is 4.79 Å². The minimum atomic E-state index is 0.105. The van der Waals surface area contributed by atoms with Gasteiger partial charge in [-0.2, -0.15) is 0 Å². The van der Waals surface area contributed by atoms with Crippen molar-refractivity contribution in [1.29, 1.82) is 0 Å². The molecule has 1 saturated heterocycles. The molecule has 0 amide bonds. The minimum absolute atomic E-state index is 0.105. The van der Waals surface area contributed by atoms with E-state index in [-0.39, 0.29) is 17.3 Å². The lowest BCUT2D eigenvalue weighted by molar-refractivity contribution is -0.0393. The number of carbonyl (C=O) groups is 1. The highest BCUT2D eigenvalue weighted by Gasteiger charge is 2.22. The molecule has 20 heavy (non-hydrogen) atoms. The first kappa shape index (κ1) is 15.2. The molecule has 1 fully saturated rings. The molecule has 0 saturated carbocycles. The number of ketones is 1. The topological polar surface area (TPSA) is 26.3 Å². The summed E-state index contributed by atoms with van der Waals surface area (Å²) in [5.41, 5.74) is 2.19. The van der Waals surface area contributed by atoms with Crippen LogP contribution in [0.5, 0.6) is 0 Å². The van der Waals surface area contributed by atoms with Crippen LogP contribution >= 0.6 is 0 Å². The molecule has 1 aromatic carbocycles. The van der Waals surface area contributed by atoms with Crippen LogP contribution in [-0.2, 0) is 10.2 Å². The quantitative estimate of drug-likeness (QED) is 0.758. The fourth-order valence-corrected chi connectivity index (χ4v) is 2.73. The van der Waals surface area contributed by atoms with Gasteiger partial charge < -0.3 is 4.74 Å².